The molecule has 5 atom stereocenters. The van der Waals surface area contributed by atoms with Gasteiger partial charge in [0.1, 0.15) is 0 Å². The third-order valence-electron chi connectivity index (χ3n) is 4.87. The molecule has 5 unspecified atom stereocenters. The van der Waals surface area contributed by atoms with Gasteiger partial charge in [-0.25, -0.2) is 0 Å². The van der Waals surface area contributed by atoms with E-state index in [-0.39, 0.29) is 17.9 Å². The fraction of sp³-hybridized carbons (Fsp3) is 0.500. The monoisotopic (exact) mass is 289 g/mol. The highest BCUT2D eigenvalue weighted by atomic mass is 16.4. The van der Waals surface area contributed by atoms with Crippen LogP contribution in [0.5, 0.6) is 0 Å². The van der Waals surface area contributed by atoms with Crippen molar-refractivity contribution in [2.24, 2.45) is 17.8 Å². The van der Waals surface area contributed by atoms with Gasteiger partial charge in [0.2, 0.25) is 0 Å². The molecule has 21 heavy (non-hydrogen) atoms. The highest BCUT2D eigenvalue weighted by Crippen LogP contribution is 2.48. The molecule has 1 aromatic rings. The van der Waals surface area contributed by atoms with Crippen molar-refractivity contribution < 1.29 is 19.8 Å². The summed E-state index contributed by atoms with van der Waals surface area (Å²) in [5.74, 6) is -1.49. The predicted octanol–water partition coefficient (Wildman–Crippen LogP) is 1.34. The molecule has 0 heterocycles. The molecule has 5 nitrogen and oxygen atoms in total. The second kappa shape index (κ2) is 5.48. The number of nitrogens with one attached hydrogen (secondary N) is 1. The summed E-state index contributed by atoms with van der Waals surface area (Å²) in [6.45, 7) is 0. The zero-order chi connectivity index (χ0) is 15.0. The minimum Gasteiger partial charge on any atom is -0.481 e. The third-order valence-corrected chi connectivity index (χ3v) is 4.87. The standard InChI is InChI=1S/C16H19NO4/c18-14(9-4-2-1-3-5-9)15(19)17-13-11-7-6-10(8-11)12(13)16(20)21/h1-5,10-14,18H,6-8H2,(H,17,19)(H,20,21). The quantitative estimate of drug-likeness (QED) is 0.780. The Morgan fingerprint density at radius 1 is 1.14 bits per heavy atom. The fourth-order valence-electron chi connectivity index (χ4n) is 3.88. The molecule has 2 bridgehead atoms. The van der Waals surface area contributed by atoms with E-state index in [4.69, 9.17) is 0 Å². The molecular formula is C16H19NO4. The summed E-state index contributed by atoms with van der Waals surface area (Å²) < 4.78 is 0. The first-order chi connectivity index (χ1) is 10.1. The van der Waals surface area contributed by atoms with Gasteiger partial charge in [-0.2, -0.15) is 0 Å². The number of hydrogen-bond acceptors (Lipinski definition) is 3. The Labute approximate surface area is 123 Å². The molecule has 2 aliphatic rings. The zero-order valence-corrected chi connectivity index (χ0v) is 11.6. The van der Waals surface area contributed by atoms with Crippen LogP contribution in [-0.2, 0) is 9.59 Å². The molecule has 1 amide bonds. The highest BCUT2D eigenvalue weighted by molar-refractivity contribution is 5.83. The van der Waals surface area contributed by atoms with Crippen LogP contribution in [0.25, 0.3) is 0 Å². The molecule has 0 radical (unpaired) electrons. The number of carboxylic acid groups (broad SMARTS) is 1. The van der Waals surface area contributed by atoms with E-state index < -0.39 is 23.9 Å². The largest absolute Gasteiger partial charge is 0.481 e. The first-order valence-electron chi connectivity index (χ1n) is 7.34. The number of benzene rings is 1. The van der Waals surface area contributed by atoms with E-state index >= 15 is 0 Å². The third kappa shape index (κ3) is 2.53. The van der Waals surface area contributed by atoms with Crippen LogP contribution in [-0.4, -0.2) is 28.1 Å². The molecule has 5 heteroatoms. The number of carbonyl (C=O) groups excluding carboxylic acids is 1. The molecule has 3 rings (SSSR count). The van der Waals surface area contributed by atoms with E-state index in [1.54, 1.807) is 24.3 Å². The van der Waals surface area contributed by atoms with Gasteiger partial charge in [0.15, 0.2) is 6.10 Å². The Morgan fingerprint density at radius 2 is 1.81 bits per heavy atom. The van der Waals surface area contributed by atoms with Crippen LogP contribution in [0.15, 0.2) is 30.3 Å². The normalized spacial score (nSPS) is 31.9. The van der Waals surface area contributed by atoms with Gasteiger partial charge in [-0.15, -0.1) is 0 Å². The van der Waals surface area contributed by atoms with Gasteiger partial charge in [0.05, 0.1) is 5.92 Å². The Balaban J connectivity index is 1.71. The van der Waals surface area contributed by atoms with Crippen LogP contribution in [0, 0.1) is 17.8 Å². The van der Waals surface area contributed by atoms with Crippen LogP contribution < -0.4 is 5.32 Å². The highest BCUT2D eigenvalue weighted by Gasteiger charge is 2.51. The second-order valence-electron chi connectivity index (χ2n) is 6.04. The first kappa shape index (κ1) is 14.1. The molecule has 2 fully saturated rings. The minimum absolute atomic E-state index is 0.159. The molecule has 0 aliphatic heterocycles. The molecule has 0 aromatic heterocycles. The number of rotatable bonds is 4. The Morgan fingerprint density at radius 3 is 2.48 bits per heavy atom. The molecule has 2 aliphatic carbocycles. The topological polar surface area (TPSA) is 86.6 Å². The second-order valence-corrected chi connectivity index (χ2v) is 6.04. The number of aliphatic hydroxyl groups excluding tert-OH is 1. The van der Waals surface area contributed by atoms with Gasteiger partial charge in [0.25, 0.3) is 5.91 Å². The molecule has 0 saturated heterocycles. The van der Waals surface area contributed by atoms with E-state index in [9.17, 15) is 19.8 Å². The molecule has 2 saturated carbocycles. The van der Waals surface area contributed by atoms with E-state index in [0.717, 1.165) is 19.3 Å². The van der Waals surface area contributed by atoms with Gasteiger partial charge in [-0.05, 0) is 36.7 Å². The molecule has 112 valence electrons. The van der Waals surface area contributed by atoms with Gasteiger partial charge >= 0.3 is 5.97 Å². The van der Waals surface area contributed by atoms with Crippen molar-refractivity contribution >= 4 is 11.9 Å². The van der Waals surface area contributed by atoms with E-state index in [1.807, 2.05) is 6.07 Å². The van der Waals surface area contributed by atoms with Crippen molar-refractivity contribution in [1.82, 2.24) is 5.32 Å². The average molecular weight is 289 g/mol. The maximum absolute atomic E-state index is 12.2. The fourth-order valence-corrected chi connectivity index (χ4v) is 3.88. The van der Waals surface area contributed by atoms with Crippen molar-refractivity contribution in [1.29, 1.82) is 0 Å². The molecule has 3 N–H and O–H groups in total. The maximum atomic E-state index is 12.2. The van der Waals surface area contributed by atoms with Gasteiger partial charge in [0, 0.05) is 6.04 Å². The number of aliphatic carboxylic acids is 1. The van der Waals surface area contributed by atoms with Crippen LogP contribution in [0.1, 0.15) is 30.9 Å². The summed E-state index contributed by atoms with van der Waals surface area (Å²) in [5, 5.41) is 22.2. The Kier molecular flexibility index (Phi) is 3.68. The SMILES string of the molecule is O=C(NC1C2CCC(C2)C1C(=O)O)C(O)c1ccccc1. The number of hydrogen-bond donors (Lipinski definition) is 3. The molecule has 1 aromatic carbocycles. The summed E-state index contributed by atoms with van der Waals surface area (Å²) in [6, 6.07) is 8.32. The number of aliphatic hydroxyl groups is 1. The zero-order valence-electron chi connectivity index (χ0n) is 11.6. The molecular weight excluding hydrogens is 270 g/mol. The number of carboxylic acids is 1. The summed E-state index contributed by atoms with van der Waals surface area (Å²) in [7, 11) is 0. The maximum Gasteiger partial charge on any atom is 0.308 e. The minimum atomic E-state index is -1.25. The number of amides is 1. The first-order valence-corrected chi connectivity index (χ1v) is 7.34. The van der Waals surface area contributed by atoms with E-state index in [1.165, 1.54) is 0 Å². The molecule has 0 spiro atoms. The van der Waals surface area contributed by atoms with Crippen molar-refractivity contribution in [3.05, 3.63) is 35.9 Å². The average Bonchev–Trinajstić information content (AvgIpc) is 3.08. The number of fused-ring (bicyclic) bond motifs is 2. The lowest BCUT2D eigenvalue weighted by atomic mass is 9.84. The summed E-state index contributed by atoms with van der Waals surface area (Å²) in [5.41, 5.74) is 0.519. The summed E-state index contributed by atoms with van der Waals surface area (Å²) >= 11 is 0. The van der Waals surface area contributed by atoms with Crippen molar-refractivity contribution in [2.45, 2.75) is 31.4 Å². The Bertz CT molecular complexity index is 544. The smallest absolute Gasteiger partial charge is 0.308 e. The van der Waals surface area contributed by atoms with Gasteiger partial charge in [-0.3, -0.25) is 9.59 Å². The Hall–Kier alpha value is -1.88. The van der Waals surface area contributed by atoms with Crippen LogP contribution in [0.2, 0.25) is 0 Å². The number of carbonyl (C=O) groups is 2. The lowest BCUT2D eigenvalue weighted by molar-refractivity contribution is -0.145. The lowest BCUT2D eigenvalue weighted by Crippen LogP contribution is -2.48. The van der Waals surface area contributed by atoms with Crippen LogP contribution in [0.3, 0.4) is 0 Å². The van der Waals surface area contributed by atoms with Crippen molar-refractivity contribution in [3.63, 3.8) is 0 Å². The van der Waals surface area contributed by atoms with E-state index in [0.29, 0.717) is 5.56 Å². The lowest BCUT2D eigenvalue weighted by Gasteiger charge is -2.29. The van der Waals surface area contributed by atoms with Crippen molar-refractivity contribution in [2.75, 3.05) is 0 Å². The summed E-state index contributed by atoms with van der Waals surface area (Å²) in [4.78, 5) is 23.6. The van der Waals surface area contributed by atoms with Gasteiger partial charge in [-0.1, -0.05) is 30.3 Å². The summed E-state index contributed by atoms with van der Waals surface area (Å²) in [6.07, 6.45) is 1.50. The van der Waals surface area contributed by atoms with Crippen molar-refractivity contribution in [3.8, 4) is 0 Å². The van der Waals surface area contributed by atoms with Crippen LogP contribution >= 0.6 is 0 Å². The van der Waals surface area contributed by atoms with E-state index in [2.05, 4.69) is 5.32 Å². The van der Waals surface area contributed by atoms with Crippen LogP contribution in [0.4, 0.5) is 0 Å². The predicted molar refractivity (Wildman–Crippen MR) is 75.3 cm³/mol. The van der Waals surface area contributed by atoms with Gasteiger partial charge < -0.3 is 15.5 Å².